The fraction of sp³-hybridized carbons (Fsp3) is 0.333. The van der Waals surface area contributed by atoms with Crippen molar-refractivity contribution < 1.29 is 14.3 Å². The van der Waals surface area contributed by atoms with Crippen molar-refractivity contribution >= 4 is 5.76 Å². The van der Waals surface area contributed by atoms with E-state index in [-0.39, 0.29) is 12.1 Å². The minimum absolute atomic E-state index is 0.0113. The van der Waals surface area contributed by atoms with Gasteiger partial charge in [-0.05, 0) is 25.5 Å². The summed E-state index contributed by atoms with van der Waals surface area (Å²) in [4.78, 5) is 6.20. The van der Waals surface area contributed by atoms with Crippen molar-refractivity contribution in [2.75, 3.05) is 6.61 Å². The fourth-order valence-electron chi connectivity index (χ4n) is 3.28. The highest BCUT2D eigenvalue weighted by Gasteiger charge is 2.42. The van der Waals surface area contributed by atoms with Crippen molar-refractivity contribution in [3.63, 3.8) is 0 Å². The van der Waals surface area contributed by atoms with Gasteiger partial charge in [-0.15, -0.1) is 5.06 Å². The summed E-state index contributed by atoms with van der Waals surface area (Å²) in [6.07, 6.45) is 2.09. The maximum atomic E-state index is 6.20. The van der Waals surface area contributed by atoms with Gasteiger partial charge in [0.2, 0.25) is 0 Å². The van der Waals surface area contributed by atoms with E-state index < -0.39 is 5.79 Å². The average molecular weight is 337 g/mol. The minimum atomic E-state index is -0.549. The van der Waals surface area contributed by atoms with Gasteiger partial charge in [0.25, 0.3) is 0 Å². The average Bonchev–Trinajstić information content (AvgIpc) is 3.20. The highest BCUT2D eigenvalue weighted by molar-refractivity contribution is 5.61. The molecule has 4 rings (SSSR count). The molecule has 1 fully saturated rings. The van der Waals surface area contributed by atoms with Gasteiger partial charge in [-0.2, -0.15) is 0 Å². The van der Waals surface area contributed by atoms with Crippen molar-refractivity contribution in [2.24, 2.45) is 0 Å². The van der Waals surface area contributed by atoms with Crippen LogP contribution in [-0.2, 0) is 20.9 Å². The van der Waals surface area contributed by atoms with Crippen LogP contribution in [0.3, 0.4) is 0 Å². The molecule has 2 aromatic carbocycles. The number of hydroxylamine groups is 2. The van der Waals surface area contributed by atoms with Gasteiger partial charge in [0.1, 0.15) is 6.10 Å². The van der Waals surface area contributed by atoms with E-state index in [0.717, 1.165) is 11.3 Å². The molecular formula is C21H23NO3. The zero-order valence-electron chi connectivity index (χ0n) is 14.6. The predicted molar refractivity (Wildman–Crippen MR) is 96.2 cm³/mol. The Morgan fingerprint density at radius 3 is 2.32 bits per heavy atom. The SMILES string of the molecule is CC1(C)OC[C@H]([C@H]2C=C(c3ccccc3)ON2Cc2ccccc2)O1. The quantitative estimate of drug-likeness (QED) is 0.844. The maximum absolute atomic E-state index is 6.20. The highest BCUT2D eigenvalue weighted by Crippen LogP contribution is 2.34. The Kier molecular flexibility index (Phi) is 4.34. The normalized spacial score (nSPS) is 25.6. The third kappa shape index (κ3) is 3.61. The molecule has 0 saturated carbocycles. The molecule has 2 heterocycles. The van der Waals surface area contributed by atoms with Crippen LogP contribution in [0.2, 0.25) is 0 Å². The van der Waals surface area contributed by atoms with Gasteiger partial charge in [0, 0.05) is 5.56 Å². The lowest BCUT2D eigenvalue weighted by atomic mass is 10.1. The van der Waals surface area contributed by atoms with Gasteiger partial charge in [-0.25, -0.2) is 0 Å². The van der Waals surface area contributed by atoms with Gasteiger partial charge in [-0.1, -0.05) is 60.7 Å². The van der Waals surface area contributed by atoms with Crippen LogP contribution in [0.1, 0.15) is 25.0 Å². The van der Waals surface area contributed by atoms with Crippen LogP contribution < -0.4 is 0 Å². The first-order valence-corrected chi connectivity index (χ1v) is 8.68. The highest BCUT2D eigenvalue weighted by atomic mass is 16.8. The third-order valence-electron chi connectivity index (χ3n) is 4.52. The third-order valence-corrected chi connectivity index (χ3v) is 4.52. The van der Waals surface area contributed by atoms with Crippen molar-refractivity contribution in [2.45, 2.75) is 38.3 Å². The monoisotopic (exact) mass is 337 g/mol. The minimum Gasteiger partial charge on any atom is -0.405 e. The van der Waals surface area contributed by atoms with Crippen LogP contribution in [0, 0.1) is 0 Å². The molecule has 25 heavy (non-hydrogen) atoms. The van der Waals surface area contributed by atoms with Crippen molar-refractivity contribution in [1.29, 1.82) is 0 Å². The Morgan fingerprint density at radius 2 is 1.68 bits per heavy atom. The summed E-state index contributed by atoms with van der Waals surface area (Å²) in [5.41, 5.74) is 2.27. The van der Waals surface area contributed by atoms with E-state index in [2.05, 4.69) is 30.3 Å². The second kappa shape index (κ2) is 6.64. The van der Waals surface area contributed by atoms with Crippen LogP contribution in [0.5, 0.6) is 0 Å². The summed E-state index contributed by atoms with van der Waals surface area (Å²) < 4.78 is 11.9. The lowest BCUT2D eigenvalue weighted by Crippen LogP contribution is -2.40. The zero-order chi connectivity index (χ0) is 17.3. The van der Waals surface area contributed by atoms with Crippen molar-refractivity contribution in [3.8, 4) is 0 Å². The van der Waals surface area contributed by atoms with Gasteiger partial charge >= 0.3 is 0 Å². The fourth-order valence-corrected chi connectivity index (χ4v) is 3.28. The van der Waals surface area contributed by atoms with E-state index in [1.165, 1.54) is 5.56 Å². The Bertz CT molecular complexity index is 742. The molecule has 2 atom stereocenters. The maximum Gasteiger partial charge on any atom is 0.163 e. The summed E-state index contributed by atoms with van der Waals surface area (Å²) in [6.45, 7) is 5.15. The smallest absolute Gasteiger partial charge is 0.163 e. The first kappa shape index (κ1) is 16.3. The van der Waals surface area contributed by atoms with Crippen LogP contribution >= 0.6 is 0 Å². The molecule has 1 saturated heterocycles. The molecule has 0 bridgehead atoms. The Hall–Kier alpha value is -2.14. The summed E-state index contributed by atoms with van der Waals surface area (Å²) >= 11 is 0. The number of rotatable bonds is 4. The number of nitrogens with zero attached hydrogens (tertiary/aromatic N) is 1. The van der Waals surface area contributed by atoms with Crippen LogP contribution in [0.25, 0.3) is 5.76 Å². The van der Waals surface area contributed by atoms with Gasteiger partial charge in [0.15, 0.2) is 11.5 Å². The molecule has 2 aliphatic rings. The van der Waals surface area contributed by atoms with E-state index in [1.54, 1.807) is 0 Å². The molecule has 0 aliphatic carbocycles. The lowest BCUT2D eigenvalue weighted by molar-refractivity contribution is -0.167. The van der Waals surface area contributed by atoms with E-state index >= 15 is 0 Å². The van der Waals surface area contributed by atoms with E-state index in [4.69, 9.17) is 14.3 Å². The van der Waals surface area contributed by atoms with Crippen molar-refractivity contribution in [1.82, 2.24) is 5.06 Å². The molecule has 0 aromatic heterocycles. The largest absolute Gasteiger partial charge is 0.405 e. The van der Waals surface area contributed by atoms with Crippen molar-refractivity contribution in [3.05, 3.63) is 77.9 Å². The van der Waals surface area contributed by atoms with E-state index in [1.807, 2.05) is 55.3 Å². The van der Waals surface area contributed by atoms with E-state index in [0.29, 0.717) is 13.2 Å². The Labute approximate surface area is 148 Å². The topological polar surface area (TPSA) is 30.9 Å². The summed E-state index contributed by atoms with van der Waals surface area (Å²) in [5, 5.41) is 1.99. The van der Waals surface area contributed by atoms with Gasteiger partial charge < -0.3 is 14.3 Å². The number of ether oxygens (including phenoxy) is 2. The van der Waals surface area contributed by atoms with Crippen LogP contribution in [0.15, 0.2) is 66.7 Å². The molecule has 4 heteroatoms. The van der Waals surface area contributed by atoms with Gasteiger partial charge in [0.05, 0.1) is 19.2 Å². The molecule has 130 valence electrons. The Balaban J connectivity index is 1.59. The first-order chi connectivity index (χ1) is 12.1. The number of hydrogen-bond acceptors (Lipinski definition) is 4. The summed E-state index contributed by atoms with van der Waals surface area (Å²) in [6, 6.07) is 20.5. The second-order valence-corrected chi connectivity index (χ2v) is 6.91. The number of benzene rings is 2. The standard InChI is InChI=1S/C21H23NO3/c1-21(2)23-15-20(24-21)18-13-19(17-11-7-4-8-12-17)25-22(18)14-16-9-5-3-6-10-16/h3-13,18,20H,14-15H2,1-2H3/t18-,20-/m1/s1. The first-order valence-electron chi connectivity index (χ1n) is 8.68. The molecule has 4 nitrogen and oxygen atoms in total. The van der Waals surface area contributed by atoms with Crippen LogP contribution in [-0.4, -0.2) is 29.6 Å². The molecular weight excluding hydrogens is 314 g/mol. The lowest BCUT2D eigenvalue weighted by Gasteiger charge is -2.27. The summed E-state index contributed by atoms with van der Waals surface area (Å²) in [7, 11) is 0. The molecule has 2 aliphatic heterocycles. The number of hydrogen-bond donors (Lipinski definition) is 0. The molecule has 0 spiro atoms. The Morgan fingerprint density at radius 1 is 1.00 bits per heavy atom. The zero-order valence-corrected chi connectivity index (χ0v) is 14.6. The second-order valence-electron chi connectivity index (χ2n) is 6.91. The summed E-state index contributed by atoms with van der Waals surface area (Å²) in [5.74, 6) is 0.321. The molecule has 0 amide bonds. The molecule has 0 unspecified atom stereocenters. The van der Waals surface area contributed by atoms with E-state index in [9.17, 15) is 0 Å². The van der Waals surface area contributed by atoms with Gasteiger partial charge in [-0.3, -0.25) is 0 Å². The molecule has 0 radical (unpaired) electrons. The molecule has 0 N–H and O–H groups in total. The molecule has 2 aromatic rings. The predicted octanol–water partition coefficient (Wildman–Crippen LogP) is 4.00. The van der Waals surface area contributed by atoms with Crippen LogP contribution in [0.4, 0.5) is 0 Å².